The van der Waals surface area contributed by atoms with Gasteiger partial charge < -0.3 is 9.84 Å². The van der Waals surface area contributed by atoms with E-state index in [1.54, 1.807) is 0 Å². The van der Waals surface area contributed by atoms with Gasteiger partial charge in [-0.2, -0.15) is 0 Å². The van der Waals surface area contributed by atoms with Crippen LogP contribution in [0.3, 0.4) is 0 Å². The number of hydrogen-bond acceptors (Lipinski definition) is 3. The van der Waals surface area contributed by atoms with Crippen molar-refractivity contribution in [3.8, 4) is 0 Å². The van der Waals surface area contributed by atoms with Crippen molar-refractivity contribution in [1.82, 2.24) is 0 Å². The Morgan fingerprint density at radius 3 is 2.87 bits per heavy atom. The number of esters is 1. The molecule has 0 aromatic rings. The van der Waals surface area contributed by atoms with Crippen LogP contribution in [0, 0.1) is 22.7 Å². The Morgan fingerprint density at radius 1 is 1.43 bits per heavy atom. The minimum absolute atomic E-state index is 0.00530. The molecule has 126 valence electrons. The molecule has 3 heteroatoms. The minimum Gasteiger partial charge on any atom is -0.458 e. The average molecular weight is 316 g/mol. The summed E-state index contributed by atoms with van der Waals surface area (Å²) in [4.78, 5) is 11.6. The molecule has 0 spiro atoms. The number of ether oxygens (including phenoxy) is 1. The first-order valence-corrected chi connectivity index (χ1v) is 8.75. The summed E-state index contributed by atoms with van der Waals surface area (Å²) in [5, 5.41) is 9.98. The highest BCUT2D eigenvalue weighted by Crippen LogP contribution is 2.61. The van der Waals surface area contributed by atoms with Crippen molar-refractivity contribution < 1.29 is 14.6 Å². The molecular formula is C20H28O3. The zero-order valence-electron chi connectivity index (χ0n) is 14.3. The molecule has 3 rings (SSSR count). The Bertz CT molecular complexity index is 573. The van der Waals surface area contributed by atoms with Gasteiger partial charge in [-0.1, -0.05) is 44.6 Å². The zero-order chi connectivity index (χ0) is 16.7. The highest BCUT2D eigenvalue weighted by molar-refractivity contribution is 5.93. The van der Waals surface area contributed by atoms with Gasteiger partial charge in [0.2, 0.25) is 0 Å². The number of rotatable bonds is 3. The number of aliphatic hydroxyl groups excluding tert-OH is 1. The fourth-order valence-electron chi connectivity index (χ4n) is 5.27. The van der Waals surface area contributed by atoms with Crippen LogP contribution in [0.4, 0.5) is 0 Å². The second-order valence-corrected chi connectivity index (χ2v) is 8.02. The molecule has 1 N–H and O–H groups in total. The SMILES string of the molecule is C=C1CCC2C(C)(CCC[C@@]2(C)CO)C1/C=C/C1=CCOC1=O. The van der Waals surface area contributed by atoms with Gasteiger partial charge >= 0.3 is 5.97 Å². The van der Waals surface area contributed by atoms with Crippen molar-refractivity contribution in [2.75, 3.05) is 13.2 Å². The number of fused-ring (bicyclic) bond motifs is 1. The van der Waals surface area contributed by atoms with E-state index in [-0.39, 0.29) is 29.3 Å². The fraction of sp³-hybridized carbons (Fsp3) is 0.650. The van der Waals surface area contributed by atoms with Crippen molar-refractivity contribution in [2.45, 2.75) is 46.0 Å². The van der Waals surface area contributed by atoms with E-state index in [1.165, 1.54) is 5.57 Å². The van der Waals surface area contributed by atoms with Crippen LogP contribution in [-0.4, -0.2) is 24.3 Å². The van der Waals surface area contributed by atoms with Gasteiger partial charge in [0.1, 0.15) is 6.61 Å². The number of allylic oxidation sites excluding steroid dienone is 2. The lowest BCUT2D eigenvalue weighted by atomic mass is 9.47. The highest BCUT2D eigenvalue weighted by Gasteiger charge is 2.53. The van der Waals surface area contributed by atoms with Gasteiger partial charge in [0.25, 0.3) is 0 Å². The predicted molar refractivity (Wildman–Crippen MR) is 90.7 cm³/mol. The molecule has 3 aliphatic rings. The van der Waals surface area contributed by atoms with Gasteiger partial charge in [-0.25, -0.2) is 4.79 Å². The van der Waals surface area contributed by atoms with Gasteiger partial charge in [-0.05, 0) is 48.5 Å². The monoisotopic (exact) mass is 316 g/mol. The lowest BCUT2D eigenvalue weighted by Gasteiger charge is -2.57. The maximum absolute atomic E-state index is 11.6. The predicted octanol–water partition coefficient (Wildman–Crippen LogP) is 3.80. The van der Waals surface area contributed by atoms with E-state index >= 15 is 0 Å². The molecule has 0 radical (unpaired) electrons. The van der Waals surface area contributed by atoms with Gasteiger partial charge in [-0.3, -0.25) is 0 Å². The first-order chi connectivity index (χ1) is 10.9. The molecule has 1 heterocycles. The van der Waals surface area contributed by atoms with Crippen LogP contribution in [0.5, 0.6) is 0 Å². The van der Waals surface area contributed by atoms with Crippen molar-refractivity contribution in [3.05, 3.63) is 36.0 Å². The molecule has 23 heavy (non-hydrogen) atoms. The Balaban J connectivity index is 1.90. The van der Waals surface area contributed by atoms with Gasteiger partial charge in [0.05, 0.1) is 5.57 Å². The number of cyclic esters (lactones) is 1. The Hall–Kier alpha value is -1.35. The summed E-state index contributed by atoms with van der Waals surface area (Å²) in [6.45, 7) is 9.55. The molecule has 2 aliphatic carbocycles. The lowest BCUT2D eigenvalue weighted by Crippen LogP contribution is -2.51. The minimum atomic E-state index is -0.229. The van der Waals surface area contributed by atoms with Gasteiger partial charge in [-0.15, -0.1) is 0 Å². The molecule has 4 atom stereocenters. The fourth-order valence-corrected chi connectivity index (χ4v) is 5.27. The second-order valence-electron chi connectivity index (χ2n) is 8.02. The van der Waals surface area contributed by atoms with E-state index in [1.807, 2.05) is 12.2 Å². The first kappa shape index (κ1) is 16.5. The smallest absolute Gasteiger partial charge is 0.338 e. The van der Waals surface area contributed by atoms with Crippen molar-refractivity contribution in [2.24, 2.45) is 22.7 Å². The second kappa shape index (κ2) is 5.94. The quantitative estimate of drug-likeness (QED) is 0.636. The van der Waals surface area contributed by atoms with E-state index in [4.69, 9.17) is 4.74 Å². The lowest BCUT2D eigenvalue weighted by molar-refractivity contribution is -0.135. The molecule has 0 aromatic carbocycles. The largest absolute Gasteiger partial charge is 0.458 e. The van der Waals surface area contributed by atoms with E-state index < -0.39 is 0 Å². The Morgan fingerprint density at radius 2 is 2.22 bits per heavy atom. The van der Waals surface area contributed by atoms with Crippen LogP contribution in [0.15, 0.2) is 36.0 Å². The highest BCUT2D eigenvalue weighted by atomic mass is 16.5. The summed E-state index contributed by atoms with van der Waals surface area (Å²) in [5.74, 6) is 0.536. The third-order valence-electron chi connectivity index (χ3n) is 6.59. The van der Waals surface area contributed by atoms with E-state index in [2.05, 4.69) is 26.5 Å². The Labute approximate surface area is 139 Å². The number of carbonyl (C=O) groups is 1. The van der Waals surface area contributed by atoms with Crippen molar-refractivity contribution in [1.29, 1.82) is 0 Å². The van der Waals surface area contributed by atoms with Crippen molar-refractivity contribution >= 4 is 5.97 Å². The average Bonchev–Trinajstić information content (AvgIpc) is 2.91. The summed E-state index contributed by atoms with van der Waals surface area (Å²) in [7, 11) is 0. The molecule has 2 saturated carbocycles. The molecule has 2 fully saturated rings. The molecule has 0 aromatic heterocycles. The van der Waals surface area contributed by atoms with Crippen molar-refractivity contribution in [3.63, 3.8) is 0 Å². The number of aliphatic hydroxyl groups is 1. The van der Waals surface area contributed by atoms with E-state index in [9.17, 15) is 9.90 Å². The molecule has 1 aliphatic heterocycles. The zero-order valence-corrected chi connectivity index (χ0v) is 14.3. The maximum Gasteiger partial charge on any atom is 0.338 e. The normalized spacial score (nSPS) is 40.9. The maximum atomic E-state index is 11.6. The van der Waals surface area contributed by atoms with Crippen LogP contribution >= 0.6 is 0 Å². The number of carbonyl (C=O) groups excluding carboxylic acids is 1. The van der Waals surface area contributed by atoms with Crippen LogP contribution in [0.2, 0.25) is 0 Å². The summed E-state index contributed by atoms with van der Waals surface area (Å²) in [6.07, 6.45) is 11.4. The molecule has 0 bridgehead atoms. The van der Waals surface area contributed by atoms with Gasteiger partial charge in [0, 0.05) is 12.5 Å². The van der Waals surface area contributed by atoms with Crippen LogP contribution in [-0.2, 0) is 9.53 Å². The summed E-state index contributed by atoms with van der Waals surface area (Å²) < 4.78 is 4.98. The van der Waals surface area contributed by atoms with E-state index in [0.717, 1.165) is 32.1 Å². The third kappa shape index (κ3) is 2.69. The standard InChI is InChI=1S/C20H28O3/c1-14-5-8-17-19(2,13-21)10-4-11-20(17,3)16(14)7-6-15-9-12-23-18(15)22/h6-7,9,16-17,21H,1,4-5,8,10-13H2,2-3H3/b7-6+/t16?,17?,19-,20?/m0/s1. The molecule has 0 saturated heterocycles. The van der Waals surface area contributed by atoms with Crippen LogP contribution in [0.1, 0.15) is 46.0 Å². The van der Waals surface area contributed by atoms with E-state index in [0.29, 0.717) is 18.1 Å². The third-order valence-corrected chi connectivity index (χ3v) is 6.59. The summed E-state index contributed by atoms with van der Waals surface area (Å²) in [5.41, 5.74) is 2.04. The molecule has 3 unspecified atom stereocenters. The summed E-state index contributed by atoms with van der Waals surface area (Å²) in [6, 6.07) is 0. The topological polar surface area (TPSA) is 46.5 Å². The molecular weight excluding hydrogens is 288 g/mol. The first-order valence-electron chi connectivity index (χ1n) is 8.75. The molecule has 0 amide bonds. The Kier molecular flexibility index (Phi) is 4.26. The summed E-state index contributed by atoms with van der Waals surface area (Å²) >= 11 is 0. The number of hydrogen-bond donors (Lipinski definition) is 1. The van der Waals surface area contributed by atoms with Gasteiger partial charge in [0.15, 0.2) is 0 Å². The van der Waals surface area contributed by atoms with Crippen LogP contribution in [0.25, 0.3) is 0 Å². The molecule has 3 nitrogen and oxygen atoms in total. The van der Waals surface area contributed by atoms with Crippen LogP contribution < -0.4 is 0 Å².